The molecule has 1 aromatic heterocycles. The molecule has 0 saturated carbocycles. The number of nitrogens with one attached hydrogen (secondary N) is 1. The predicted molar refractivity (Wildman–Crippen MR) is 85.2 cm³/mol. The molecule has 1 amide bonds. The van der Waals surface area contributed by atoms with Gasteiger partial charge in [-0.05, 0) is 29.3 Å². The molecule has 116 valence electrons. The van der Waals surface area contributed by atoms with Crippen LogP contribution in [0, 0.1) is 5.82 Å². The number of aliphatic hydroxyl groups is 1. The van der Waals surface area contributed by atoms with Gasteiger partial charge in [-0.25, -0.2) is 4.39 Å². The lowest BCUT2D eigenvalue weighted by Crippen LogP contribution is -2.24. The zero-order valence-electron chi connectivity index (χ0n) is 12.3. The van der Waals surface area contributed by atoms with Crippen molar-refractivity contribution >= 4 is 16.8 Å². The highest BCUT2D eigenvalue weighted by Gasteiger charge is 2.13. The van der Waals surface area contributed by atoms with Crippen molar-refractivity contribution in [1.82, 2.24) is 10.3 Å². The van der Waals surface area contributed by atoms with Gasteiger partial charge >= 0.3 is 0 Å². The summed E-state index contributed by atoms with van der Waals surface area (Å²) in [6.45, 7) is 0.150. The quantitative estimate of drug-likeness (QED) is 0.779. The van der Waals surface area contributed by atoms with Crippen molar-refractivity contribution in [2.75, 3.05) is 0 Å². The minimum absolute atomic E-state index is 0.101. The van der Waals surface area contributed by atoms with Crippen LogP contribution < -0.4 is 5.32 Å². The van der Waals surface area contributed by atoms with Crippen LogP contribution in [-0.2, 0) is 13.2 Å². The van der Waals surface area contributed by atoms with E-state index in [0.29, 0.717) is 10.9 Å². The molecule has 4 nitrogen and oxygen atoms in total. The SMILES string of the molecule is O=C(NCc1ccccc1CO)c1cc(F)cc2cccnc12. The number of pyridine rings is 1. The standard InChI is InChI=1S/C18H15FN2O2/c19-15-8-12-6-3-7-20-17(12)16(9-15)18(23)21-10-13-4-1-2-5-14(13)11-22/h1-9,22H,10-11H2,(H,21,23). The normalized spacial score (nSPS) is 10.7. The Balaban J connectivity index is 1.87. The van der Waals surface area contributed by atoms with E-state index in [1.165, 1.54) is 12.1 Å². The number of nitrogens with zero attached hydrogens (tertiary/aromatic N) is 1. The van der Waals surface area contributed by atoms with Gasteiger partial charge in [0.2, 0.25) is 0 Å². The second-order valence-corrected chi connectivity index (χ2v) is 5.14. The Morgan fingerprint density at radius 1 is 1.13 bits per heavy atom. The van der Waals surface area contributed by atoms with Gasteiger partial charge in [-0.15, -0.1) is 0 Å². The third-order valence-electron chi connectivity index (χ3n) is 3.64. The fourth-order valence-electron chi connectivity index (χ4n) is 2.48. The molecule has 0 fully saturated rings. The van der Waals surface area contributed by atoms with E-state index in [4.69, 9.17) is 0 Å². The molecule has 0 aliphatic heterocycles. The van der Waals surface area contributed by atoms with Crippen LogP contribution in [0.15, 0.2) is 54.7 Å². The Labute approximate surface area is 132 Å². The smallest absolute Gasteiger partial charge is 0.253 e. The number of rotatable bonds is 4. The van der Waals surface area contributed by atoms with Gasteiger partial charge < -0.3 is 10.4 Å². The molecule has 0 radical (unpaired) electrons. The van der Waals surface area contributed by atoms with Crippen molar-refractivity contribution in [3.05, 3.63) is 77.2 Å². The molecule has 0 spiro atoms. The number of aromatic nitrogens is 1. The molecule has 2 aromatic carbocycles. The minimum Gasteiger partial charge on any atom is -0.392 e. The number of aliphatic hydroxyl groups excluding tert-OH is 1. The minimum atomic E-state index is -0.480. The number of halogens is 1. The van der Waals surface area contributed by atoms with Gasteiger partial charge in [-0.1, -0.05) is 30.3 Å². The molecule has 2 N–H and O–H groups in total. The Kier molecular flexibility index (Phi) is 4.30. The summed E-state index contributed by atoms with van der Waals surface area (Å²) in [6.07, 6.45) is 1.57. The molecule has 0 aliphatic carbocycles. The van der Waals surface area contributed by atoms with E-state index in [9.17, 15) is 14.3 Å². The monoisotopic (exact) mass is 310 g/mol. The lowest BCUT2D eigenvalue weighted by Gasteiger charge is -2.10. The fourth-order valence-corrected chi connectivity index (χ4v) is 2.48. The van der Waals surface area contributed by atoms with E-state index in [0.717, 1.165) is 11.1 Å². The van der Waals surface area contributed by atoms with E-state index in [2.05, 4.69) is 10.3 Å². The van der Waals surface area contributed by atoms with Gasteiger partial charge in [-0.2, -0.15) is 0 Å². The predicted octanol–water partition coefficient (Wildman–Crippen LogP) is 2.80. The summed E-state index contributed by atoms with van der Waals surface area (Å²) in [4.78, 5) is 16.6. The molecular weight excluding hydrogens is 295 g/mol. The molecule has 0 unspecified atom stereocenters. The van der Waals surface area contributed by atoms with Gasteiger partial charge in [0.1, 0.15) is 5.82 Å². The molecule has 3 aromatic rings. The van der Waals surface area contributed by atoms with Crippen LogP contribution in [0.3, 0.4) is 0 Å². The maximum absolute atomic E-state index is 13.7. The van der Waals surface area contributed by atoms with E-state index in [-0.39, 0.29) is 18.7 Å². The van der Waals surface area contributed by atoms with Crippen LogP contribution >= 0.6 is 0 Å². The van der Waals surface area contributed by atoms with Gasteiger partial charge in [0.25, 0.3) is 5.91 Å². The molecule has 0 saturated heterocycles. The molecule has 0 atom stereocenters. The molecule has 23 heavy (non-hydrogen) atoms. The van der Waals surface area contributed by atoms with Gasteiger partial charge in [0.15, 0.2) is 0 Å². The molecular formula is C18H15FN2O2. The number of hydrogen-bond donors (Lipinski definition) is 2. The summed E-state index contributed by atoms with van der Waals surface area (Å²) in [6, 6.07) is 13.2. The maximum Gasteiger partial charge on any atom is 0.253 e. The highest BCUT2D eigenvalue weighted by Crippen LogP contribution is 2.18. The highest BCUT2D eigenvalue weighted by molar-refractivity contribution is 6.05. The molecule has 0 bridgehead atoms. The van der Waals surface area contributed by atoms with Crippen LogP contribution in [0.2, 0.25) is 0 Å². The Morgan fingerprint density at radius 3 is 2.70 bits per heavy atom. The van der Waals surface area contributed by atoms with Gasteiger partial charge in [0.05, 0.1) is 17.7 Å². The topological polar surface area (TPSA) is 62.2 Å². The molecule has 0 aliphatic rings. The summed E-state index contributed by atoms with van der Waals surface area (Å²) < 4.78 is 13.7. The van der Waals surface area contributed by atoms with Crippen molar-refractivity contribution in [1.29, 1.82) is 0 Å². The molecule has 3 rings (SSSR count). The van der Waals surface area contributed by atoms with Crippen LogP contribution in [0.25, 0.3) is 10.9 Å². The Hall–Kier alpha value is -2.79. The third kappa shape index (κ3) is 3.19. The zero-order valence-corrected chi connectivity index (χ0v) is 12.3. The van der Waals surface area contributed by atoms with Crippen LogP contribution in [-0.4, -0.2) is 16.0 Å². The van der Waals surface area contributed by atoms with Crippen LogP contribution in [0.4, 0.5) is 4.39 Å². The molecule has 5 heteroatoms. The summed E-state index contributed by atoms with van der Waals surface area (Å²) in [5.74, 6) is -0.882. The first-order chi connectivity index (χ1) is 11.2. The van der Waals surface area contributed by atoms with Gasteiger partial charge in [0, 0.05) is 18.1 Å². The van der Waals surface area contributed by atoms with Crippen molar-refractivity contribution in [2.45, 2.75) is 13.2 Å². The van der Waals surface area contributed by atoms with Crippen molar-refractivity contribution < 1.29 is 14.3 Å². The van der Waals surface area contributed by atoms with Gasteiger partial charge in [-0.3, -0.25) is 9.78 Å². The highest BCUT2D eigenvalue weighted by atomic mass is 19.1. The van der Waals surface area contributed by atoms with E-state index in [1.807, 2.05) is 18.2 Å². The molecule has 1 heterocycles. The first-order valence-electron chi connectivity index (χ1n) is 7.19. The second-order valence-electron chi connectivity index (χ2n) is 5.14. The average Bonchev–Trinajstić information content (AvgIpc) is 2.59. The van der Waals surface area contributed by atoms with Crippen molar-refractivity contribution in [3.63, 3.8) is 0 Å². The first kappa shape index (κ1) is 15.1. The average molecular weight is 310 g/mol. The lowest BCUT2D eigenvalue weighted by molar-refractivity contribution is 0.0951. The van der Waals surface area contributed by atoms with E-state index < -0.39 is 11.7 Å². The first-order valence-corrected chi connectivity index (χ1v) is 7.19. The van der Waals surface area contributed by atoms with Crippen LogP contribution in [0.1, 0.15) is 21.5 Å². The number of fused-ring (bicyclic) bond motifs is 1. The second kappa shape index (κ2) is 6.54. The number of carbonyl (C=O) groups is 1. The zero-order chi connectivity index (χ0) is 16.2. The lowest BCUT2D eigenvalue weighted by atomic mass is 10.1. The fraction of sp³-hybridized carbons (Fsp3) is 0.111. The largest absolute Gasteiger partial charge is 0.392 e. The number of benzene rings is 2. The maximum atomic E-state index is 13.7. The number of amides is 1. The van der Waals surface area contributed by atoms with Crippen molar-refractivity contribution in [2.24, 2.45) is 0 Å². The third-order valence-corrected chi connectivity index (χ3v) is 3.64. The number of carbonyl (C=O) groups excluding carboxylic acids is 1. The van der Waals surface area contributed by atoms with Crippen molar-refractivity contribution in [3.8, 4) is 0 Å². The Bertz CT molecular complexity index is 865. The number of hydrogen-bond acceptors (Lipinski definition) is 3. The Morgan fingerprint density at radius 2 is 1.91 bits per heavy atom. The van der Waals surface area contributed by atoms with Crippen LogP contribution in [0.5, 0.6) is 0 Å². The summed E-state index contributed by atoms with van der Waals surface area (Å²) in [7, 11) is 0. The summed E-state index contributed by atoms with van der Waals surface area (Å²) in [5.41, 5.74) is 2.22. The summed E-state index contributed by atoms with van der Waals surface area (Å²) in [5, 5.41) is 12.6. The van der Waals surface area contributed by atoms with E-state index >= 15 is 0 Å². The summed E-state index contributed by atoms with van der Waals surface area (Å²) >= 11 is 0. The van der Waals surface area contributed by atoms with E-state index in [1.54, 1.807) is 24.4 Å².